The third kappa shape index (κ3) is 4.28. The van der Waals surface area contributed by atoms with Gasteiger partial charge in [-0.25, -0.2) is 0 Å². The van der Waals surface area contributed by atoms with Gasteiger partial charge in [-0.3, -0.25) is 4.79 Å². The molecule has 4 heteroatoms. The molecule has 16 heavy (non-hydrogen) atoms. The van der Waals surface area contributed by atoms with E-state index >= 15 is 0 Å². The molecule has 0 saturated carbocycles. The molecule has 1 aromatic carbocycles. The van der Waals surface area contributed by atoms with Gasteiger partial charge in [0.15, 0.2) is 0 Å². The van der Waals surface area contributed by atoms with Gasteiger partial charge in [-0.1, -0.05) is 30.3 Å². The zero-order chi connectivity index (χ0) is 11.8. The van der Waals surface area contributed by atoms with E-state index < -0.39 is 0 Å². The Morgan fingerprint density at radius 3 is 2.69 bits per heavy atom. The number of hydrogen-bond acceptors (Lipinski definition) is 3. The number of carbonyl (C=O) groups is 1. The van der Waals surface area contributed by atoms with Gasteiger partial charge in [0.05, 0.1) is 18.4 Å². The fourth-order valence-electron chi connectivity index (χ4n) is 1.48. The fraction of sp³-hybridized carbons (Fsp3) is 0.333. The van der Waals surface area contributed by atoms with Gasteiger partial charge in [-0.05, 0) is 18.4 Å². The summed E-state index contributed by atoms with van der Waals surface area (Å²) in [5.74, 6) is -0.493. The van der Waals surface area contributed by atoms with Gasteiger partial charge in [0.1, 0.15) is 0 Å². The monoisotopic (exact) mass is 233 g/mol. The second-order valence-electron chi connectivity index (χ2n) is 3.63. The van der Waals surface area contributed by atoms with Crippen LogP contribution in [0.4, 0.5) is 0 Å². The minimum Gasteiger partial charge on any atom is -0.529 e. The van der Waals surface area contributed by atoms with Gasteiger partial charge in [-0.15, -0.1) is 0 Å². The number of aryl methyl sites for hydroxylation is 1. The van der Waals surface area contributed by atoms with Crippen molar-refractivity contribution in [1.29, 1.82) is 5.26 Å². The van der Waals surface area contributed by atoms with E-state index in [1.807, 2.05) is 30.3 Å². The first kappa shape index (κ1) is 12.5. The van der Waals surface area contributed by atoms with E-state index in [4.69, 9.17) is 5.26 Å². The van der Waals surface area contributed by atoms with Crippen molar-refractivity contribution >= 4 is 16.5 Å². The number of rotatable bonds is 5. The van der Waals surface area contributed by atoms with Gasteiger partial charge in [0, 0.05) is 0 Å². The van der Waals surface area contributed by atoms with E-state index in [0.717, 1.165) is 6.42 Å². The average molecular weight is 233 g/mol. The number of benzene rings is 1. The summed E-state index contributed by atoms with van der Waals surface area (Å²) in [6.07, 6.45) is 1.75. The molecular weight excluding hydrogens is 218 g/mol. The quantitative estimate of drug-likeness (QED) is 0.712. The molecule has 1 rings (SSSR count). The van der Waals surface area contributed by atoms with Gasteiger partial charge < -0.3 is 4.43 Å². The van der Waals surface area contributed by atoms with Gasteiger partial charge in [-0.2, -0.15) is 5.26 Å². The standard InChI is InChI=1S/C12H15NO2Si/c13-9-11(8-12(14)15-16)7-6-10-4-2-1-3-5-10/h1-5,11H,6-8H2,16H3. The van der Waals surface area contributed by atoms with Crippen molar-refractivity contribution in [1.82, 2.24) is 0 Å². The van der Waals surface area contributed by atoms with Gasteiger partial charge in [0.2, 0.25) is 10.5 Å². The predicted molar refractivity (Wildman–Crippen MR) is 64.5 cm³/mol. The molecule has 1 atom stereocenters. The van der Waals surface area contributed by atoms with Crippen LogP contribution in [0.3, 0.4) is 0 Å². The van der Waals surface area contributed by atoms with Crippen molar-refractivity contribution in [2.75, 3.05) is 0 Å². The van der Waals surface area contributed by atoms with Crippen LogP contribution in [0.5, 0.6) is 0 Å². The van der Waals surface area contributed by atoms with E-state index in [1.165, 1.54) is 5.56 Å². The zero-order valence-corrected chi connectivity index (χ0v) is 11.3. The Labute approximate surface area is 98.6 Å². The maximum Gasteiger partial charge on any atom is 0.293 e. The maximum atomic E-state index is 11.1. The Balaban J connectivity index is 2.41. The lowest BCUT2D eigenvalue weighted by Crippen LogP contribution is -2.09. The molecule has 0 saturated heterocycles. The highest BCUT2D eigenvalue weighted by atomic mass is 28.2. The lowest BCUT2D eigenvalue weighted by molar-refractivity contribution is -0.134. The molecule has 84 valence electrons. The maximum absolute atomic E-state index is 11.1. The van der Waals surface area contributed by atoms with E-state index in [0.29, 0.717) is 16.9 Å². The summed E-state index contributed by atoms with van der Waals surface area (Å²) >= 11 is 0. The fourth-order valence-corrected chi connectivity index (χ4v) is 1.65. The van der Waals surface area contributed by atoms with Crippen LogP contribution in [0.1, 0.15) is 18.4 Å². The molecule has 0 bridgehead atoms. The molecule has 0 spiro atoms. The summed E-state index contributed by atoms with van der Waals surface area (Å²) in [5.41, 5.74) is 1.20. The van der Waals surface area contributed by atoms with Crippen LogP contribution in [0.25, 0.3) is 0 Å². The molecule has 0 aliphatic heterocycles. The molecule has 3 nitrogen and oxygen atoms in total. The normalized spacial score (nSPS) is 11.7. The van der Waals surface area contributed by atoms with E-state index in [2.05, 4.69) is 10.5 Å². The zero-order valence-electron chi connectivity index (χ0n) is 9.35. The van der Waals surface area contributed by atoms with Crippen LogP contribution >= 0.6 is 0 Å². The first-order valence-electron chi connectivity index (χ1n) is 5.26. The summed E-state index contributed by atoms with van der Waals surface area (Å²) in [6, 6.07) is 12.1. The highest BCUT2D eigenvalue weighted by Gasteiger charge is 2.12. The summed E-state index contributed by atoms with van der Waals surface area (Å²) in [6.45, 7) is 0. The Bertz CT molecular complexity index is 372. The molecule has 1 unspecified atom stereocenters. The second kappa shape index (κ2) is 6.80. The largest absolute Gasteiger partial charge is 0.529 e. The molecule has 0 amide bonds. The lowest BCUT2D eigenvalue weighted by atomic mass is 9.98. The molecule has 0 radical (unpaired) electrons. The minimum atomic E-state index is -0.258. The third-order valence-corrected chi connectivity index (χ3v) is 2.90. The van der Waals surface area contributed by atoms with Crippen LogP contribution in [0.2, 0.25) is 0 Å². The van der Waals surface area contributed by atoms with Crippen molar-refractivity contribution in [2.24, 2.45) is 5.92 Å². The van der Waals surface area contributed by atoms with Crippen LogP contribution in [-0.2, 0) is 15.6 Å². The van der Waals surface area contributed by atoms with Crippen molar-refractivity contribution in [3.8, 4) is 6.07 Å². The topological polar surface area (TPSA) is 50.1 Å². The van der Waals surface area contributed by atoms with Crippen LogP contribution in [0, 0.1) is 17.2 Å². The molecule has 0 N–H and O–H groups in total. The summed E-state index contributed by atoms with van der Waals surface area (Å²) in [5, 5.41) is 8.90. The second-order valence-corrected chi connectivity index (χ2v) is 4.04. The van der Waals surface area contributed by atoms with Crippen molar-refractivity contribution in [2.45, 2.75) is 19.3 Å². The summed E-state index contributed by atoms with van der Waals surface area (Å²) in [7, 11) is 0.402. The highest BCUT2D eigenvalue weighted by Crippen LogP contribution is 2.13. The number of nitriles is 1. The first-order valence-corrected chi connectivity index (χ1v) is 6.08. The van der Waals surface area contributed by atoms with Crippen molar-refractivity contribution < 1.29 is 9.22 Å². The van der Waals surface area contributed by atoms with Crippen LogP contribution in [0.15, 0.2) is 30.3 Å². The van der Waals surface area contributed by atoms with Crippen LogP contribution < -0.4 is 0 Å². The minimum absolute atomic E-state index is 0.215. The van der Waals surface area contributed by atoms with E-state index in [-0.39, 0.29) is 18.3 Å². The number of nitrogens with zero attached hydrogens (tertiary/aromatic N) is 1. The Kier molecular flexibility index (Phi) is 5.30. The Morgan fingerprint density at radius 1 is 1.44 bits per heavy atom. The smallest absolute Gasteiger partial charge is 0.293 e. The van der Waals surface area contributed by atoms with Crippen molar-refractivity contribution in [3.05, 3.63) is 35.9 Å². The molecule has 0 aliphatic carbocycles. The predicted octanol–water partition coefficient (Wildman–Crippen LogP) is 0.973. The lowest BCUT2D eigenvalue weighted by Gasteiger charge is -2.07. The number of hydrogen-bond donors (Lipinski definition) is 0. The van der Waals surface area contributed by atoms with Crippen LogP contribution in [-0.4, -0.2) is 16.5 Å². The molecule has 0 aliphatic rings. The third-order valence-electron chi connectivity index (χ3n) is 2.45. The molecule has 0 aromatic heterocycles. The molecule has 0 fully saturated rings. The first-order chi connectivity index (χ1) is 7.76. The number of carbonyl (C=O) groups excluding carboxylic acids is 1. The highest BCUT2D eigenvalue weighted by molar-refractivity contribution is 6.05. The van der Waals surface area contributed by atoms with Gasteiger partial charge >= 0.3 is 0 Å². The Hall–Kier alpha value is -1.60. The Morgan fingerprint density at radius 2 is 2.12 bits per heavy atom. The summed E-state index contributed by atoms with van der Waals surface area (Å²) < 4.78 is 4.68. The van der Waals surface area contributed by atoms with E-state index in [9.17, 15) is 4.79 Å². The van der Waals surface area contributed by atoms with E-state index in [1.54, 1.807) is 0 Å². The SMILES string of the molecule is N#CC(CCc1ccccc1)CC(=O)O[SiH3]. The van der Waals surface area contributed by atoms with Gasteiger partial charge in [0.25, 0.3) is 5.97 Å². The van der Waals surface area contributed by atoms with Crippen molar-refractivity contribution in [3.63, 3.8) is 0 Å². The summed E-state index contributed by atoms with van der Waals surface area (Å²) in [4.78, 5) is 11.1. The molecular formula is C12H15NO2Si. The molecule has 1 aromatic rings. The molecule has 0 heterocycles. The average Bonchev–Trinajstić information content (AvgIpc) is 2.35.